The summed E-state index contributed by atoms with van der Waals surface area (Å²) in [7, 11) is 0. The molecule has 1 atom stereocenters. The van der Waals surface area contributed by atoms with Crippen LogP contribution in [0.2, 0.25) is 0 Å². The number of hydrogen-bond acceptors (Lipinski definition) is 5. The van der Waals surface area contributed by atoms with E-state index in [1.54, 1.807) is 30.6 Å². The summed E-state index contributed by atoms with van der Waals surface area (Å²) in [6.07, 6.45) is 3.14. The van der Waals surface area contributed by atoms with Crippen molar-refractivity contribution in [1.29, 1.82) is 0 Å². The fraction of sp³-hybridized carbons (Fsp3) is 0.308. The molecule has 0 aliphatic rings. The van der Waals surface area contributed by atoms with Gasteiger partial charge in [-0.2, -0.15) is 0 Å². The summed E-state index contributed by atoms with van der Waals surface area (Å²) in [4.78, 5) is 20.1. The zero-order valence-electron chi connectivity index (χ0n) is 10.5. The molecule has 3 N–H and O–H groups in total. The van der Waals surface area contributed by atoms with Gasteiger partial charge in [-0.05, 0) is 25.1 Å². The lowest BCUT2D eigenvalue weighted by Crippen LogP contribution is -2.43. The van der Waals surface area contributed by atoms with Gasteiger partial charge in [-0.1, -0.05) is 0 Å². The molecule has 2 rings (SSSR count). The Labute approximate surface area is 110 Å². The zero-order valence-corrected chi connectivity index (χ0v) is 10.5. The first-order valence-electron chi connectivity index (χ1n) is 5.84. The van der Waals surface area contributed by atoms with Gasteiger partial charge in [-0.15, -0.1) is 0 Å². The topological polar surface area (TPSA) is 95.3 Å². The van der Waals surface area contributed by atoms with Gasteiger partial charge in [0.05, 0.1) is 17.6 Å². The Bertz CT molecular complexity index is 598. The predicted molar refractivity (Wildman–Crippen MR) is 69.6 cm³/mol. The van der Waals surface area contributed by atoms with Crippen molar-refractivity contribution >= 4 is 16.9 Å². The zero-order chi connectivity index (χ0) is 13.9. The van der Waals surface area contributed by atoms with Crippen molar-refractivity contribution in [2.75, 3.05) is 13.2 Å². The summed E-state index contributed by atoms with van der Waals surface area (Å²) in [6.45, 7) is 0.996. The second-order valence-corrected chi connectivity index (χ2v) is 4.60. The minimum absolute atomic E-state index is 0.0269. The van der Waals surface area contributed by atoms with E-state index in [9.17, 15) is 9.90 Å². The first-order valence-corrected chi connectivity index (χ1v) is 5.84. The number of aliphatic hydroxyl groups is 2. The lowest BCUT2D eigenvalue weighted by Gasteiger charge is -2.20. The number of nitrogens with one attached hydrogen (secondary N) is 1. The van der Waals surface area contributed by atoms with Crippen molar-refractivity contribution < 1.29 is 15.0 Å². The molecule has 1 aromatic carbocycles. The molecule has 6 nitrogen and oxygen atoms in total. The number of carbonyl (C=O) groups excluding carboxylic acids is 1. The van der Waals surface area contributed by atoms with Crippen LogP contribution in [0.15, 0.2) is 30.6 Å². The Hall–Kier alpha value is -2.05. The quantitative estimate of drug-likeness (QED) is 0.725. The van der Waals surface area contributed by atoms with Crippen molar-refractivity contribution in [3.63, 3.8) is 0 Å². The normalized spacial score (nSPS) is 14.1. The van der Waals surface area contributed by atoms with Crippen LogP contribution in [-0.4, -0.2) is 44.8 Å². The minimum atomic E-state index is -1.33. The molecule has 100 valence electrons. The van der Waals surface area contributed by atoms with Gasteiger partial charge < -0.3 is 15.5 Å². The summed E-state index contributed by atoms with van der Waals surface area (Å²) < 4.78 is 0. The lowest BCUT2D eigenvalue weighted by atomic mass is 10.1. The molecule has 0 spiro atoms. The minimum Gasteiger partial charge on any atom is -0.393 e. The van der Waals surface area contributed by atoms with E-state index >= 15 is 0 Å². The molecule has 0 aliphatic carbocycles. The first kappa shape index (κ1) is 13.4. The number of aromatic nitrogens is 2. The molecule has 6 heteroatoms. The van der Waals surface area contributed by atoms with Gasteiger partial charge in [-0.3, -0.25) is 14.8 Å². The highest BCUT2D eigenvalue weighted by molar-refractivity contribution is 5.97. The first-order chi connectivity index (χ1) is 9.02. The third kappa shape index (κ3) is 3.24. The van der Waals surface area contributed by atoms with Crippen LogP contribution < -0.4 is 5.32 Å². The molecule has 1 unspecified atom stereocenters. The van der Waals surface area contributed by atoms with Crippen LogP contribution in [-0.2, 0) is 0 Å². The highest BCUT2D eigenvalue weighted by atomic mass is 16.3. The van der Waals surface area contributed by atoms with Crippen LogP contribution in [0.25, 0.3) is 11.0 Å². The second kappa shape index (κ2) is 5.29. The van der Waals surface area contributed by atoms with E-state index in [2.05, 4.69) is 15.3 Å². The number of fused-ring (bicyclic) bond motifs is 1. The number of carbonyl (C=O) groups is 1. The van der Waals surface area contributed by atoms with Gasteiger partial charge in [0.15, 0.2) is 0 Å². The molecule has 2 aromatic rings. The van der Waals surface area contributed by atoms with E-state index in [0.717, 1.165) is 0 Å². The van der Waals surface area contributed by atoms with Crippen LogP contribution in [0.1, 0.15) is 17.3 Å². The second-order valence-electron chi connectivity index (χ2n) is 4.60. The Morgan fingerprint density at radius 1 is 1.32 bits per heavy atom. The number of amides is 1. The fourth-order valence-electron chi connectivity index (χ4n) is 1.53. The molecule has 0 fully saturated rings. The monoisotopic (exact) mass is 261 g/mol. The molecule has 0 saturated carbocycles. The molecule has 0 saturated heterocycles. The largest absolute Gasteiger partial charge is 0.393 e. The number of hydrogen-bond donors (Lipinski definition) is 3. The van der Waals surface area contributed by atoms with Crippen LogP contribution in [0.5, 0.6) is 0 Å². The van der Waals surface area contributed by atoms with E-state index in [4.69, 9.17) is 5.11 Å². The molecule has 1 heterocycles. The molecule has 0 bridgehead atoms. The van der Waals surface area contributed by atoms with E-state index < -0.39 is 12.2 Å². The highest BCUT2D eigenvalue weighted by Gasteiger charge is 2.20. The fourth-order valence-corrected chi connectivity index (χ4v) is 1.53. The van der Waals surface area contributed by atoms with Gasteiger partial charge in [0.2, 0.25) is 0 Å². The number of benzene rings is 1. The smallest absolute Gasteiger partial charge is 0.251 e. The van der Waals surface area contributed by atoms with Gasteiger partial charge >= 0.3 is 0 Å². The summed E-state index contributed by atoms with van der Waals surface area (Å²) in [5, 5.41) is 21.1. The third-order valence-electron chi connectivity index (χ3n) is 2.70. The maximum atomic E-state index is 11.9. The third-order valence-corrected chi connectivity index (χ3v) is 2.70. The van der Waals surface area contributed by atoms with Gasteiger partial charge in [0.1, 0.15) is 5.60 Å². The Kier molecular flexibility index (Phi) is 3.73. The Balaban J connectivity index is 2.13. The molecular formula is C13H15N3O3. The average molecular weight is 261 g/mol. The van der Waals surface area contributed by atoms with E-state index in [1.165, 1.54) is 6.92 Å². The van der Waals surface area contributed by atoms with Crippen molar-refractivity contribution in [3.05, 3.63) is 36.2 Å². The van der Waals surface area contributed by atoms with Crippen molar-refractivity contribution in [2.24, 2.45) is 0 Å². The molecule has 1 aromatic heterocycles. The summed E-state index contributed by atoms with van der Waals surface area (Å²) in [6, 6.07) is 4.98. The highest BCUT2D eigenvalue weighted by Crippen LogP contribution is 2.11. The molecule has 0 radical (unpaired) electrons. The SMILES string of the molecule is CC(O)(CO)CNC(=O)c1ccc2nccnc2c1. The Morgan fingerprint density at radius 2 is 2.00 bits per heavy atom. The van der Waals surface area contributed by atoms with E-state index in [-0.39, 0.29) is 12.5 Å². The Morgan fingerprint density at radius 3 is 2.68 bits per heavy atom. The van der Waals surface area contributed by atoms with Gasteiger partial charge in [0.25, 0.3) is 5.91 Å². The summed E-state index contributed by atoms with van der Waals surface area (Å²) in [5.41, 5.74) is 0.443. The van der Waals surface area contributed by atoms with E-state index in [0.29, 0.717) is 16.6 Å². The van der Waals surface area contributed by atoms with Gasteiger partial charge in [0, 0.05) is 24.5 Å². The number of nitrogens with zero attached hydrogens (tertiary/aromatic N) is 2. The maximum absolute atomic E-state index is 11.9. The number of rotatable bonds is 4. The molecule has 19 heavy (non-hydrogen) atoms. The standard InChI is InChI=1S/C13H15N3O3/c1-13(19,8-17)7-16-12(18)9-2-3-10-11(6-9)15-5-4-14-10/h2-6,17,19H,7-8H2,1H3,(H,16,18). The van der Waals surface area contributed by atoms with Crippen LogP contribution >= 0.6 is 0 Å². The predicted octanol–water partition coefficient (Wildman–Crippen LogP) is 0.103. The lowest BCUT2D eigenvalue weighted by molar-refractivity contribution is 0.00320. The molecule has 0 aliphatic heterocycles. The molecular weight excluding hydrogens is 246 g/mol. The summed E-state index contributed by atoms with van der Waals surface area (Å²) >= 11 is 0. The van der Waals surface area contributed by atoms with Gasteiger partial charge in [-0.25, -0.2) is 0 Å². The number of aliphatic hydroxyl groups excluding tert-OH is 1. The van der Waals surface area contributed by atoms with Crippen LogP contribution in [0, 0.1) is 0 Å². The maximum Gasteiger partial charge on any atom is 0.251 e. The molecule has 1 amide bonds. The van der Waals surface area contributed by atoms with Crippen LogP contribution in [0.4, 0.5) is 0 Å². The van der Waals surface area contributed by atoms with Crippen LogP contribution in [0.3, 0.4) is 0 Å². The van der Waals surface area contributed by atoms with Crippen molar-refractivity contribution in [3.8, 4) is 0 Å². The summed E-state index contributed by atoms with van der Waals surface area (Å²) in [5.74, 6) is -0.332. The van der Waals surface area contributed by atoms with Crippen molar-refractivity contribution in [2.45, 2.75) is 12.5 Å². The van der Waals surface area contributed by atoms with E-state index in [1.807, 2.05) is 0 Å². The average Bonchev–Trinajstić information content (AvgIpc) is 2.44. The van der Waals surface area contributed by atoms with Crippen molar-refractivity contribution in [1.82, 2.24) is 15.3 Å².